The van der Waals surface area contributed by atoms with E-state index in [1.165, 1.54) is 4.90 Å². The van der Waals surface area contributed by atoms with Crippen LogP contribution in [0.15, 0.2) is 24.4 Å². The Bertz CT molecular complexity index is 477. The van der Waals surface area contributed by atoms with Gasteiger partial charge >= 0.3 is 6.03 Å². The summed E-state index contributed by atoms with van der Waals surface area (Å²) in [6, 6.07) is 4.94. The number of nitrogens with two attached hydrogens (primary N) is 1. The lowest BCUT2D eigenvalue weighted by molar-refractivity contribution is -0.131. The van der Waals surface area contributed by atoms with E-state index < -0.39 is 5.54 Å². The summed E-state index contributed by atoms with van der Waals surface area (Å²) >= 11 is 0. The number of carbonyl (C=O) groups excluding carboxylic acids is 2. The van der Waals surface area contributed by atoms with Gasteiger partial charge < -0.3 is 11.1 Å². The topological polar surface area (TPSA) is 88.3 Å². The first-order chi connectivity index (χ1) is 9.09. The molecule has 1 aliphatic heterocycles. The molecule has 2 rings (SSSR count). The average Bonchev–Trinajstić information content (AvgIpc) is 2.64. The maximum Gasteiger partial charge on any atom is 0.325 e. The van der Waals surface area contributed by atoms with E-state index in [-0.39, 0.29) is 11.9 Å². The summed E-state index contributed by atoms with van der Waals surface area (Å²) in [6.45, 7) is 2.63. The number of aromatic nitrogens is 1. The number of urea groups is 1. The van der Waals surface area contributed by atoms with Crippen LogP contribution in [0.3, 0.4) is 0 Å². The first kappa shape index (κ1) is 13.5. The van der Waals surface area contributed by atoms with Crippen molar-refractivity contribution in [2.24, 2.45) is 5.73 Å². The summed E-state index contributed by atoms with van der Waals surface area (Å²) in [5, 5.41) is 2.72. The maximum atomic E-state index is 12.4. The third kappa shape index (κ3) is 2.44. The van der Waals surface area contributed by atoms with Gasteiger partial charge in [-0.2, -0.15) is 0 Å². The van der Waals surface area contributed by atoms with Gasteiger partial charge in [0.05, 0.1) is 5.69 Å². The molecule has 3 N–H and O–H groups in total. The second-order valence-electron chi connectivity index (χ2n) is 4.72. The van der Waals surface area contributed by atoms with Gasteiger partial charge in [0.25, 0.3) is 5.91 Å². The molecular weight excluding hydrogens is 244 g/mol. The second kappa shape index (κ2) is 5.36. The number of unbranched alkanes of at least 4 members (excludes halogenated alkanes) is 1. The van der Waals surface area contributed by atoms with Crippen LogP contribution in [0.1, 0.15) is 25.5 Å². The molecular formula is C13H18N4O2. The zero-order chi connectivity index (χ0) is 13.9. The highest BCUT2D eigenvalue weighted by Gasteiger charge is 2.49. The van der Waals surface area contributed by atoms with Crippen LogP contribution in [-0.2, 0) is 10.3 Å². The molecule has 1 saturated heterocycles. The van der Waals surface area contributed by atoms with E-state index in [4.69, 9.17) is 5.73 Å². The van der Waals surface area contributed by atoms with E-state index in [0.29, 0.717) is 25.2 Å². The fraction of sp³-hybridized carbons (Fsp3) is 0.462. The molecule has 0 radical (unpaired) electrons. The lowest BCUT2D eigenvalue weighted by Crippen LogP contribution is -2.41. The molecule has 0 spiro atoms. The summed E-state index contributed by atoms with van der Waals surface area (Å²) in [5.74, 6) is -0.256. The quantitative estimate of drug-likeness (QED) is 0.600. The van der Waals surface area contributed by atoms with Crippen LogP contribution in [0.25, 0.3) is 0 Å². The van der Waals surface area contributed by atoms with E-state index in [1.807, 2.05) is 0 Å². The van der Waals surface area contributed by atoms with Crippen LogP contribution in [0.4, 0.5) is 4.79 Å². The summed E-state index contributed by atoms with van der Waals surface area (Å²) in [4.78, 5) is 29.7. The normalized spacial score (nSPS) is 22.7. The van der Waals surface area contributed by atoms with Gasteiger partial charge in [-0.25, -0.2) is 4.79 Å². The maximum absolute atomic E-state index is 12.4. The zero-order valence-electron chi connectivity index (χ0n) is 10.9. The van der Waals surface area contributed by atoms with E-state index in [9.17, 15) is 9.59 Å². The van der Waals surface area contributed by atoms with Crippen LogP contribution >= 0.6 is 0 Å². The van der Waals surface area contributed by atoms with E-state index >= 15 is 0 Å². The number of hydrogen-bond donors (Lipinski definition) is 2. The Labute approximate surface area is 112 Å². The fourth-order valence-electron chi connectivity index (χ4n) is 2.15. The average molecular weight is 262 g/mol. The molecule has 0 aliphatic carbocycles. The number of nitrogens with one attached hydrogen (secondary N) is 1. The lowest BCUT2D eigenvalue weighted by atomic mass is 9.97. The SMILES string of the molecule is CC1(c2ccccn2)NC(=O)N(CCCCN)C1=O. The number of amides is 3. The van der Waals surface area contributed by atoms with Crippen molar-refractivity contribution >= 4 is 11.9 Å². The van der Waals surface area contributed by atoms with Crippen LogP contribution in [0, 0.1) is 0 Å². The summed E-state index contributed by atoms with van der Waals surface area (Å²) in [5.41, 5.74) is 4.90. The van der Waals surface area contributed by atoms with Crippen molar-refractivity contribution in [2.45, 2.75) is 25.3 Å². The Morgan fingerprint density at radius 1 is 1.37 bits per heavy atom. The molecule has 0 saturated carbocycles. The summed E-state index contributed by atoms with van der Waals surface area (Å²) in [7, 11) is 0. The van der Waals surface area contributed by atoms with E-state index in [2.05, 4.69) is 10.3 Å². The molecule has 1 fully saturated rings. The molecule has 1 aromatic heterocycles. The molecule has 1 atom stereocenters. The minimum atomic E-state index is -1.07. The van der Waals surface area contributed by atoms with Gasteiger partial charge in [0.15, 0.2) is 5.54 Å². The van der Waals surface area contributed by atoms with Gasteiger partial charge in [0.2, 0.25) is 0 Å². The number of nitrogens with zero attached hydrogens (tertiary/aromatic N) is 2. The Kier molecular flexibility index (Phi) is 3.80. The van der Waals surface area contributed by atoms with Crippen LogP contribution < -0.4 is 11.1 Å². The molecule has 6 heteroatoms. The predicted octanol–water partition coefficient (Wildman–Crippen LogP) is 0.588. The first-order valence-electron chi connectivity index (χ1n) is 6.35. The third-order valence-corrected chi connectivity index (χ3v) is 3.29. The minimum absolute atomic E-state index is 0.256. The van der Waals surface area contributed by atoms with Crippen molar-refractivity contribution in [3.63, 3.8) is 0 Å². The summed E-state index contributed by atoms with van der Waals surface area (Å²) < 4.78 is 0. The second-order valence-corrected chi connectivity index (χ2v) is 4.72. The van der Waals surface area contributed by atoms with Crippen LogP contribution in [0.2, 0.25) is 0 Å². The Balaban J connectivity index is 2.17. The number of hydrogen-bond acceptors (Lipinski definition) is 4. The van der Waals surface area contributed by atoms with Crippen molar-refractivity contribution in [1.29, 1.82) is 0 Å². The van der Waals surface area contributed by atoms with Gasteiger partial charge in [-0.3, -0.25) is 14.7 Å². The molecule has 0 bridgehead atoms. The van der Waals surface area contributed by atoms with Gasteiger partial charge in [0, 0.05) is 12.7 Å². The van der Waals surface area contributed by atoms with Crippen molar-refractivity contribution in [2.75, 3.05) is 13.1 Å². The standard InChI is InChI=1S/C13H18N4O2/c1-13(10-6-2-4-8-15-10)11(18)17(12(19)16-13)9-5-3-7-14/h2,4,6,8H,3,5,7,9,14H2,1H3,(H,16,19). The molecule has 1 aromatic rings. The summed E-state index contributed by atoms with van der Waals surface area (Å²) in [6.07, 6.45) is 3.11. The van der Waals surface area contributed by atoms with Crippen molar-refractivity contribution in [3.05, 3.63) is 30.1 Å². The van der Waals surface area contributed by atoms with E-state index in [0.717, 1.165) is 6.42 Å². The molecule has 102 valence electrons. The van der Waals surface area contributed by atoms with Crippen LogP contribution in [-0.4, -0.2) is 34.9 Å². The van der Waals surface area contributed by atoms with E-state index in [1.54, 1.807) is 31.3 Å². The predicted molar refractivity (Wildman–Crippen MR) is 70.1 cm³/mol. The Morgan fingerprint density at radius 3 is 2.79 bits per heavy atom. The number of pyridine rings is 1. The number of imide groups is 1. The minimum Gasteiger partial charge on any atom is -0.330 e. The van der Waals surface area contributed by atoms with Gasteiger partial charge in [-0.1, -0.05) is 6.07 Å². The fourth-order valence-corrected chi connectivity index (χ4v) is 2.15. The number of carbonyl (C=O) groups is 2. The van der Waals surface area contributed by atoms with Gasteiger partial charge in [0.1, 0.15) is 0 Å². The van der Waals surface area contributed by atoms with Gasteiger partial charge in [-0.15, -0.1) is 0 Å². The highest BCUT2D eigenvalue weighted by atomic mass is 16.2. The Hall–Kier alpha value is -1.95. The third-order valence-electron chi connectivity index (χ3n) is 3.29. The van der Waals surface area contributed by atoms with Gasteiger partial charge in [-0.05, 0) is 38.4 Å². The molecule has 6 nitrogen and oxygen atoms in total. The molecule has 1 aliphatic rings. The largest absolute Gasteiger partial charge is 0.330 e. The molecule has 2 heterocycles. The highest BCUT2D eigenvalue weighted by Crippen LogP contribution is 2.27. The lowest BCUT2D eigenvalue weighted by Gasteiger charge is -2.20. The number of rotatable bonds is 5. The molecule has 0 aromatic carbocycles. The van der Waals surface area contributed by atoms with Crippen molar-refractivity contribution < 1.29 is 9.59 Å². The Morgan fingerprint density at radius 2 is 2.16 bits per heavy atom. The monoisotopic (exact) mass is 262 g/mol. The van der Waals surface area contributed by atoms with Crippen LogP contribution in [0.5, 0.6) is 0 Å². The molecule has 3 amide bonds. The van der Waals surface area contributed by atoms with Crippen molar-refractivity contribution in [1.82, 2.24) is 15.2 Å². The molecule has 1 unspecified atom stereocenters. The zero-order valence-corrected chi connectivity index (χ0v) is 10.9. The smallest absolute Gasteiger partial charge is 0.325 e. The van der Waals surface area contributed by atoms with Crippen molar-refractivity contribution in [3.8, 4) is 0 Å². The molecule has 19 heavy (non-hydrogen) atoms. The first-order valence-corrected chi connectivity index (χ1v) is 6.35. The highest BCUT2D eigenvalue weighted by molar-refractivity contribution is 6.06.